The quantitative estimate of drug-likeness (QED) is 0.495. The number of benzene rings is 2. The smallest absolute Gasteiger partial charge is 0.321 e. The molecule has 0 radical (unpaired) electrons. The Kier molecular flexibility index (Phi) is 6.42. The van der Waals surface area contributed by atoms with Crippen molar-refractivity contribution in [1.29, 1.82) is 0 Å². The standard InChI is InChI=1S/C19H14ClF8NO/c1-3-10-7-12(17(22,18(23,24)25)19(26,27)28)6-9(2)15(10)29-16(30)11-4-5-14(21)13(20)8-11/h4-8H,3H2,1-2H3,(H,29,30). The maximum atomic E-state index is 14.4. The molecule has 0 aliphatic rings. The fourth-order valence-electron chi connectivity index (χ4n) is 2.83. The molecular weight excluding hydrogens is 446 g/mol. The van der Waals surface area contributed by atoms with Crippen molar-refractivity contribution in [2.75, 3.05) is 5.32 Å². The van der Waals surface area contributed by atoms with Gasteiger partial charge in [0.1, 0.15) is 5.82 Å². The van der Waals surface area contributed by atoms with Crippen LogP contribution in [-0.2, 0) is 12.1 Å². The molecule has 164 valence electrons. The van der Waals surface area contributed by atoms with Gasteiger partial charge in [-0.25, -0.2) is 8.78 Å². The third kappa shape index (κ3) is 4.23. The number of halogens is 9. The molecule has 1 amide bonds. The third-order valence-corrected chi connectivity index (χ3v) is 4.69. The van der Waals surface area contributed by atoms with Crippen molar-refractivity contribution in [3.63, 3.8) is 0 Å². The van der Waals surface area contributed by atoms with Crippen LogP contribution in [0.1, 0.15) is 34.0 Å². The van der Waals surface area contributed by atoms with Gasteiger partial charge in [-0.2, -0.15) is 26.3 Å². The molecule has 2 aromatic carbocycles. The van der Waals surface area contributed by atoms with Crippen molar-refractivity contribution in [3.8, 4) is 0 Å². The van der Waals surface area contributed by atoms with Crippen LogP contribution >= 0.6 is 11.6 Å². The molecule has 0 fully saturated rings. The van der Waals surface area contributed by atoms with E-state index in [1.807, 2.05) is 0 Å². The molecule has 0 saturated heterocycles. The first-order valence-electron chi connectivity index (χ1n) is 8.36. The van der Waals surface area contributed by atoms with E-state index in [1.54, 1.807) is 0 Å². The first kappa shape index (κ1) is 23.9. The number of nitrogens with one attached hydrogen (secondary N) is 1. The van der Waals surface area contributed by atoms with Crippen molar-refractivity contribution in [2.45, 2.75) is 38.3 Å². The summed E-state index contributed by atoms with van der Waals surface area (Å²) in [5.74, 6) is -1.62. The summed E-state index contributed by atoms with van der Waals surface area (Å²) in [5.41, 5.74) is -7.78. The summed E-state index contributed by atoms with van der Waals surface area (Å²) in [6.07, 6.45) is -12.6. The molecule has 1 N–H and O–H groups in total. The number of anilines is 1. The summed E-state index contributed by atoms with van der Waals surface area (Å²) in [7, 11) is 0. The van der Waals surface area contributed by atoms with Gasteiger partial charge >= 0.3 is 18.0 Å². The Labute approximate surface area is 170 Å². The molecule has 2 aromatic rings. The minimum Gasteiger partial charge on any atom is -0.321 e. The van der Waals surface area contributed by atoms with Gasteiger partial charge in [0.2, 0.25) is 0 Å². The van der Waals surface area contributed by atoms with Crippen LogP contribution in [0.25, 0.3) is 0 Å². The van der Waals surface area contributed by atoms with Crippen LogP contribution in [0.5, 0.6) is 0 Å². The van der Waals surface area contributed by atoms with E-state index in [2.05, 4.69) is 5.32 Å². The van der Waals surface area contributed by atoms with Gasteiger partial charge in [0, 0.05) is 16.8 Å². The maximum absolute atomic E-state index is 14.4. The number of carbonyl (C=O) groups excluding carboxylic acids is 1. The molecule has 2 rings (SSSR count). The average Bonchev–Trinajstić information content (AvgIpc) is 2.62. The van der Waals surface area contributed by atoms with Gasteiger partial charge in [0.25, 0.3) is 5.91 Å². The van der Waals surface area contributed by atoms with E-state index in [0.717, 1.165) is 25.1 Å². The minimum atomic E-state index is -6.25. The number of hydrogen-bond donors (Lipinski definition) is 1. The summed E-state index contributed by atoms with van der Waals surface area (Å²) in [4.78, 5) is 12.4. The van der Waals surface area contributed by atoms with Crippen molar-refractivity contribution in [3.05, 3.63) is 63.4 Å². The monoisotopic (exact) mass is 459 g/mol. The highest BCUT2D eigenvalue weighted by atomic mass is 35.5. The Bertz CT molecular complexity index is 954. The lowest BCUT2D eigenvalue weighted by atomic mass is 9.89. The molecule has 0 spiro atoms. The fraction of sp³-hybridized carbons (Fsp3) is 0.316. The van der Waals surface area contributed by atoms with Gasteiger partial charge in [0.05, 0.1) is 5.02 Å². The maximum Gasteiger partial charge on any atom is 0.435 e. The van der Waals surface area contributed by atoms with E-state index in [-0.39, 0.29) is 33.8 Å². The fourth-order valence-corrected chi connectivity index (χ4v) is 3.01. The molecule has 0 atom stereocenters. The second kappa shape index (κ2) is 8.05. The van der Waals surface area contributed by atoms with Crippen molar-refractivity contribution >= 4 is 23.2 Å². The number of alkyl halides is 7. The first-order valence-corrected chi connectivity index (χ1v) is 8.74. The molecular formula is C19H14ClF8NO. The van der Waals surface area contributed by atoms with Gasteiger partial charge < -0.3 is 5.32 Å². The molecule has 30 heavy (non-hydrogen) atoms. The molecule has 2 nitrogen and oxygen atoms in total. The molecule has 0 bridgehead atoms. The van der Waals surface area contributed by atoms with E-state index in [4.69, 9.17) is 11.6 Å². The molecule has 0 unspecified atom stereocenters. The second-order valence-corrected chi connectivity index (χ2v) is 6.83. The van der Waals surface area contributed by atoms with Crippen LogP contribution in [0.15, 0.2) is 30.3 Å². The third-order valence-electron chi connectivity index (χ3n) is 4.40. The zero-order chi connectivity index (χ0) is 23.1. The molecule has 0 heterocycles. The molecule has 0 aromatic heterocycles. The van der Waals surface area contributed by atoms with Gasteiger partial charge in [0.15, 0.2) is 0 Å². The Balaban J connectivity index is 2.55. The minimum absolute atomic E-state index is 0.0848. The lowest BCUT2D eigenvalue weighted by Crippen LogP contribution is -2.50. The molecule has 0 aliphatic heterocycles. The number of hydrogen-bond acceptors (Lipinski definition) is 1. The Morgan fingerprint density at radius 2 is 1.57 bits per heavy atom. The SMILES string of the molecule is CCc1cc(C(F)(C(F)(F)F)C(F)(F)F)cc(C)c1NC(=O)c1ccc(F)c(Cl)c1. The first-order chi connectivity index (χ1) is 13.6. The summed E-state index contributed by atoms with van der Waals surface area (Å²) in [5, 5.41) is 1.99. The number of aryl methyl sites for hydroxylation is 2. The van der Waals surface area contributed by atoms with E-state index in [0.29, 0.717) is 12.1 Å². The highest BCUT2D eigenvalue weighted by Crippen LogP contribution is 2.53. The van der Waals surface area contributed by atoms with Crippen molar-refractivity contribution in [1.82, 2.24) is 0 Å². The largest absolute Gasteiger partial charge is 0.435 e. The Morgan fingerprint density at radius 3 is 2.03 bits per heavy atom. The van der Waals surface area contributed by atoms with E-state index >= 15 is 0 Å². The summed E-state index contributed by atoms with van der Waals surface area (Å²) in [6.45, 7) is 2.53. The van der Waals surface area contributed by atoms with Crippen LogP contribution in [-0.4, -0.2) is 18.3 Å². The highest BCUT2D eigenvalue weighted by Gasteiger charge is 2.73. The molecule has 0 aliphatic carbocycles. The number of amides is 1. The summed E-state index contributed by atoms with van der Waals surface area (Å²) >= 11 is 5.60. The van der Waals surface area contributed by atoms with Crippen molar-refractivity contribution < 1.29 is 39.9 Å². The van der Waals surface area contributed by atoms with Crippen LogP contribution in [0.3, 0.4) is 0 Å². The van der Waals surface area contributed by atoms with Crippen LogP contribution in [0.2, 0.25) is 5.02 Å². The van der Waals surface area contributed by atoms with Gasteiger partial charge in [-0.15, -0.1) is 0 Å². The second-order valence-electron chi connectivity index (χ2n) is 6.42. The number of carbonyl (C=O) groups is 1. The lowest BCUT2D eigenvalue weighted by molar-refractivity contribution is -0.348. The van der Waals surface area contributed by atoms with Gasteiger partial charge in [-0.1, -0.05) is 24.6 Å². The lowest BCUT2D eigenvalue weighted by Gasteiger charge is -2.31. The van der Waals surface area contributed by atoms with Crippen LogP contribution < -0.4 is 5.32 Å². The van der Waals surface area contributed by atoms with Gasteiger partial charge in [-0.3, -0.25) is 4.79 Å². The van der Waals surface area contributed by atoms with E-state index < -0.39 is 35.3 Å². The predicted octanol–water partition coefficient (Wildman–Crippen LogP) is 6.89. The normalized spacial score (nSPS) is 12.8. The highest BCUT2D eigenvalue weighted by molar-refractivity contribution is 6.31. The Morgan fingerprint density at radius 1 is 1.00 bits per heavy atom. The van der Waals surface area contributed by atoms with E-state index in [9.17, 15) is 39.9 Å². The molecule has 0 saturated carbocycles. The van der Waals surface area contributed by atoms with Gasteiger partial charge in [-0.05, 0) is 48.7 Å². The molecule has 11 heteroatoms. The van der Waals surface area contributed by atoms with Crippen LogP contribution in [0, 0.1) is 12.7 Å². The summed E-state index contributed by atoms with van der Waals surface area (Å²) in [6, 6.07) is 3.81. The zero-order valence-corrected chi connectivity index (χ0v) is 16.2. The predicted molar refractivity (Wildman–Crippen MR) is 94.8 cm³/mol. The Hall–Kier alpha value is -2.36. The average molecular weight is 460 g/mol. The summed E-state index contributed by atoms with van der Waals surface area (Å²) < 4.78 is 106. The van der Waals surface area contributed by atoms with Crippen molar-refractivity contribution in [2.24, 2.45) is 0 Å². The topological polar surface area (TPSA) is 29.1 Å². The zero-order valence-electron chi connectivity index (χ0n) is 15.4. The van der Waals surface area contributed by atoms with E-state index in [1.165, 1.54) is 6.92 Å². The van der Waals surface area contributed by atoms with Crippen LogP contribution in [0.4, 0.5) is 40.8 Å². The number of rotatable bonds is 4.